The largest absolute Gasteiger partial charge is 0.437 e. The number of para-hydroxylation sites is 1. The number of carbonyl (C=O) groups is 1. The molecule has 3 heteroatoms. The summed E-state index contributed by atoms with van der Waals surface area (Å²) in [4.78, 5) is 12.4. The lowest BCUT2D eigenvalue weighted by Crippen LogP contribution is -2.51. The van der Waals surface area contributed by atoms with E-state index >= 15 is 0 Å². The van der Waals surface area contributed by atoms with E-state index in [1.54, 1.807) is 0 Å². The molecule has 0 unspecified atom stereocenters. The third-order valence-electron chi connectivity index (χ3n) is 6.27. The number of anilines is 1. The first-order valence-corrected chi connectivity index (χ1v) is 9.40. The minimum Gasteiger partial charge on any atom is -0.437 e. The predicted molar refractivity (Wildman–Crippen MR) is 91.4 cm³/mol. The second kappa shape index (κ2) is 6.18. The summed E-state index contributed by atoms with van der Waals surface area (Å²) in [5, 5.41) is 2.93. The summed E-state index contributed by atoms with van der Waals surface area (Å²) in [5.41, 5.74) is 1.82. The van der Waals surface area contributed by atoms with E-state index in [1.807, 2.05) is 12.1 Å². The molecule has 0 bridgehead atoms. The van der Waals surface area contributed by atoms with E-state index in [1.165, 1.54) is 69.8 Å². The normalized spacial score (nSPS) is 25.3. The van der Waals surface area contributed by atoms with Gasteiger partial charge >= 0.3 is 6.09 Å². The van der Waals surface area contributed by atoms with Gasteiger partial charge in [0.2, 0.25) is 0 Å². The first kappa shape index (κ1) is 15.0. The SMILES string of the molecule is O=C1Nc2ccccc2C(C2CCCCC2)(C2CCCCC2)O1. The van der Waals surface area contributed by atoms with E-state index in [4.69, 9.17) is 4.74 Å². The van der Waals surface area contributed by atoms with Crippen LogP contribution in [0.1, 0.15) is 69.8 Å². The molecule has 3 aliphatic rings. The molecule has 1 heterocycles. The maximum atomic E-state index is 12.4. The number of rotatable bonds is 2. The van der Waals surface area contributed by atoms with Gasteiger partial charge in [0.15, 0.2) is 0 Å². The Balaban J connectivity index is 1.82. The zero-order chi connectivity index (χ0) is 15.7. The Kier molecular flexibility index (Phi) is 4.04. The molecular weight excluding hydrogens is 286 g/mol. The average molecular weight is 313 g/mol. The topological polar surface area (TPSA) is 38.3 Å². The van der Waals surface area contributed by atoms with E-state index in [0.717, 1.165) is 5.69 Å². The van der Waals surface area contributed by atoms with Gasteiger partial charge in [-0.3, -0.25) is 5.32 Å². The second-order valence-corrected chi connectivity index (χ2v) is 7.52. The third-order valence-corrected chi connectivity index (χ3v) is 6.27. The Morgan fingerprint density at radius 2 is 1.43 bits per heavy atom. The van der Waals surface area contributed by atoms with Crippen LogP contribution < -0.4 is 5.32 Å². The molecule has 0 radical (unpaired) electrons. The maximum Gasteiger partial charge on any atom is 0.412 e. The minimum atomic E-state index is -0.389. The summed E-state index contributed by atoms with van der Waals surface area (Å²) in [6.07, 6.45) is 12.2. The van der Waals surface area contributed by atoms with Gasteiger partial charge in [-0.1, -0.05) is 56.7 Å². The molecule has 1 N–H and O–H groups in total. The summed E-state index contributed by atoms with van der Waals surface area (Å²) in [6, 6.07) is 8.34. The van der Waals surface area contributed by atoms with Crippen LogP contribution in [-0.4, -0.2) is 6.09 Å². The lowest BCUT2D eigenvalue weighted by Gasteiger charge is -2.50. The standard InChI is InChI=1S/C20H27NO2/c22-19-21-18-14-8-7-13-17(18)20(23-19,15-9-3-1-4-10-15)16-11-5-2-6-12-16/h7-8,13-16H,1-6,9-12H2,(H,21,22). The number of benzene rings is 1. The summed E-state index contributed by atoms with van der Waals surface area (Å²) < 4.78 is 6.23. The van der Waals surface area contributed by atoms with E-state index in [-0.39, 0.29) is 11.7 Å². The van der Waals surface area contributed by atoms with Crippen LogP contribution in [0.5, 0.6) is 0 Å². The van der Waals surface area contributed by atoms with Crippen LogP contribution in [0.3, 0.4) is 0 Å². The second-order valence-electron chi connectivity index (χ2n) is 7.52. The molecule has 0 aromatic heterocycles. The van der Waals surface area contributed by atoms with Crippen LogP contribution in [-0.2, 0) is 10.3 Å². The number of hydrogen-bond acceptors (Lipinski definition) is 2. The predicted octanol–water partition coefficient (Wildman–Crippen LogP) is 5.60. The average Bonchev–Trinajstić information content (AvgIpc) is 2.62. The van der Waals surface area contributed by atoms with Gasteiger partial charge < -0.3 is 4.74 Å². The fourth-order valence-corrected chi connectivity index (χ4v) is 5.28. The van der Waals surface area contributed by atoms with Crippen molar-refractivity contribution in [2.24, 2.45) is 11.8 Å². The van der Waals surface area contributed by atoms with Crippen molar-refractivity contribution >= 4 is 11.8 Å². The number of hydrogen-bond donors (Lipinski definition) is 1. The fraction of sp³-hybridized carbons (Fsp3) is 0.650. The third kappa shape index (κ3) is 2.54. The van der Waals surface area contributed by atoms with Crippen molar-refractivity contribution in [3.05, 3.63) is 29.8 Å². The number of amides is 1. The van der Waals surface area contributed by atoms with Crippen molar-refractivity contribution in [2.75, 3.05) is 5.32 Å². The first-order valence-electron chi connectivity index (χ1n) is 9.40. The number of ether oxygens (including phenoxy) is 1. The van der Waals surface area contributed by atoms with Gasteiger partial charge in [0.05, 0.1) is 5.69 Å². The minimum absolute atomic E-state index is 0.250. The Morgan fingerprint density at radius 3 is 2.04 bits per heavy atom. The molecule has 1 aromatic rings. The Labute approximate surface area is 138 Å². The molecule has 0 saturated heterocycles. The van der Waals surface area contributed by atoms with Crippen molar-refractivity contribution in [3.63, 3.8) is 0 Å². The monoisotopic (exact) mass is 313 g/mol. The van der Waals surface area contributed by atoms with Crippen molar-refractivity contribution in [2.45, 2.75) is 69.8 Å². The van der Waals surface area contributed by atoms with Gasteiger partial charge in [-0.2, -0.15) is 0 Å². The van der Waals surface area contributed by atoms with Crippen LogP contribution in [0.25, 0.3) is 0 Å². The van der Waals surface area contributed by atoms with Gasteiger partial charge in [0.1, 0.15) is 5.60 Å². The van der Waals surface area contributed by atoms with Gasteiger partial charge in [-0.25, -0.2) is 4.79 Å². The zero-order valence-electron chi connectivity index (χ0n) is 13.9. The molecule has 1 aliphatic heterocycles. The molecule has 23 heavy (non-hydrogen) atoms. The number of carbonyl (C=O) groups excluding carboxylic acids is 1. The summed E-state index contributed by atoms with van der Waals surface area (Å²) in [5.74, 6) is 0.957. The van der Waals surface area contributed by atoms with Gasteiger partial charge in [-0.15, -0.1) is 0 Å². The first-order chi connectivity index (χ1) is 11.3. The number of nitrogens with one attached hydrogen (secondary N) is 1. The summed E-state index contributed by atoms with van der Waals surface area (Å²) >= 11 is 0. The van der Waals surface area contributed by atoms with Gasteiger partial charge in [0.25, 0.3) is 0 Å². The zero-order valence-corrected chi connectivity index (χ0v) is 13.9. The van der Waals surface area contributed by atoms with Gasteiger partial charge in [0, 0.05) is 17.4 Å². The Hall–Kier alpha value is -1.51. The summed E-state index contributed by atoms with van der Waals surface area (Å²) in [6.45, 7) is 0. The molecule has 1 aromatic carbocycles. The molecule has 3 nitrogen and oxygen atoms in total. The summed E-state index contributed by atoms with van der Waals surface area (Å²) in [7, 11) is 0. The molecule has 0 atom stereocenters. The fourth-order valence-electron chi connectivity index (χ4n) is 5.28. The van der Waals surface area contributed by atoms with Crippen molar-refractivity contribution in [3.8, 4) is 0 Å². The van der Waals surface area contributed by atoms with Crippen molar-refractivity contribution in [1.82, 2.24) is 0 Å². The highest BCUT2D eigenvalue weighted by Gasteiger charge is 2.53. The van der Waals surface area contributed by atoms with E-state index in [2.05, 4.69) is 17.4 Å². The number of fused-ring (bicyclic) bond motifs is 1. The van der Waals surface area contributed by atoms with Crippen LogP contribution >= 0.6 is 0 Å². The maximum absolute atomic E-state index is 12.4. The molecule has 1 amide bonds. The molecule has 0 spiro atoms. The van der Waals surface area contributed by atoms with E-state index < -0.39 is 0 Å². The van der Waals surface area contributed by atoms with Crippen LogP contribution in [0.15, 0.2) is 24.3 Å². The smallest absolute Gasteiger partial charge is 0.412 e. The van der Waals surface area contributed by atoms with Crippen molar-refractivity contribution < 1.29 is 9.53 Å². The highest BCUT2D eigenvalue weighted by Crippen LogP contribution is 2.54. The lowest BCUT2D eigenvalue weighted by molar-refractivity contribution is -0.104. The molecule has 2 aliphatic carbocycles. The highest BCUT2D eigenvalue weighted by atomic mass is 16.6. The lowest BCUT2D eigenvalue weighted by atomic mass is 9.62. The van der Waals surface area contributed by atoms with Gasteiger partial charge in [-0.05, 0) is 31.7 Å². The van der Waals surface area contributed by atoms with E-state index in [9.17, 15) is 4.79 Å². The molecule has 4 rings (SSSR count). The Morgan fingerprint density at radius 1 is 0.870 bits per heavy atom. The molecular formula is C20H27NO2. The molecule has 124 valence electrons. The van der Waals surface area contributed by atoms with Crippen molar-refractivity contribution in [1.29, 1.82) is 0 Å². The Bertz CT molecular complexity index is 553. The quantitative estimate of drug-likeness (QED) is 0.771. The molecule has 2 fully saturated rings. The van der Waals surface area contributed by atoms with Crippen LogP contribution in [0.2, 0.25) is 0 Å². The van der Waals surface area contributed by atoms with E-state index in [0.29, 0.717) is 11.8 Å². The number of cyclic esters (lactones) is 1. The van der Waals surface area contributed by atoms with Crippen LogP contribution in [0.4, 0.5) is 10.5 Å². The highest BCUT2D eigenvalue weighted by molar-refractivity contribution is 5.89. The van der Waals surface area contributed by atoms with Crippen LogP contribution in [0, 0.1) is 11.8 Å². The molecule has 2 saturated carbocycles.